The van der Waals surface area contributed by atoms with E-state index in [9.17, 15) is 13.2 Å². The van der Waals surface area contributed by atoms with Crippen LogP contribution in [-0.2, 0) is 28.4 Å². The molecule has 0 atom stereocenters. The van der Waals surface area contributed by atoms with Crippen LogP contribution in [0, 0.1) is 6.92 Å². The zero-order valence-corrected chi connectivity index (χ0v) is 15.6. The zero-order chi connectivity index (χ0) is 18.7. The third kappa shape index (κ3) is 4.12. The highest BCUT2D eigenvalue weighted by Gasteiger charge is 2.21. The molecule has 0 radical (unpaired) electrons. The molecule has 26 heavy (non-hydrogen) atoms. The van der Waals surface area contributed by atoms with E-state index in [0.717, 1.165) is 11.4 Å². The Morgan fingerprint density at radius 3 is 2.65 bits per heavy atom. The summed E-state index contributed by atoms with van der Waals surface area (Å²) in [5, 5.41) is 4.20. The first kappa shape index (κ1) is 18.6. The Kier molecular flexibility index (Phi) is 5.40. The smallest absolute Gasteiger partial charge is 0.254 e. The summed E-state index contributed by atoms with van der Waals surface area (Å²) >= 11 is 0. The highest BCUT2D eigenvalue weighted by molar-refractivity contribution is 7.89. The minimum Gasteiger partial charge on any atom is -0.378 e. The van der Waals surface area contributed by atoms with E-state index in [0.29, 0.717) is 31.9 Å². The lowest BCUT2D eigenvalue weighted by Gasteiger charge is -2.27. The van der Waals surface area contributed by atoms with Crippen molar-refractivity contribution in [2.45, 2.75) is 18.4 Å². The Morgan fingerprint density at radius 2 is 2.00 bits per heavy atom. The van der Waals surface area contributed by atoms with Crippen molar-refractivity contribution in [1.82, 2.24) is 19.4 Å². The van der Waals surface area contributed by atoms with Crippen molar-refractivity contribution >= 4 is 15.9 Å². The van der Waals surface area contributed by atoms with Crippen molar-refractivity contribution in [1.29, 1.82) is 0 Å². The van der Waals surface area contributed by atoms with Gasteiger partial charge in [-0.25, -0.2) is 13.1 Å². The molecule has 1 fully saturated rings. The Morgan fingerprint density at radius 1 is 1.27 bits per heavy atom. The topological polar surface area (TPSA) is 93.5 Å². The van der Waals surface area contributed by atoms with E-state index in [1.807, 2.05) is 13.0 Å². The number of rotatable bonds is 5. The molecule has 140 valence electrons. The Hall–Kier alpha value is -2.23. The monoisotopic (exact) mass is 378 g/mol. The molecule has 0 unspecified atom stereocenters. The first-order valence-corrected chi connectivity index (χ1v) is 9.81. The average Bonchev–Trinajstić information content (AvgIpc) is 2.97. The lowest BCUT2D eigenvalue weighted by Crippen LogP contribution is -2.40. The summed E-state index contributed by atoms with van der Waals surface area (Å²) in [5.74, 6) is -0.187. The summed E-state index contributed by atoms with van der Waals surface area (Å²) in [5.41, 5.74) is 1.93. The summed E-state index contributed by atoms with van der Waals surface area (Å²) in [7, 11) is -1.98. The number of benzene rings is 1. The molecule has 1 aromatic heterocycles. The summed E-state index contributed by atoms with van der Waals surface area (Å²) < 4.78 is 34.6. The summed E-state index contributed by atoms with van der Waals surface area (Å²) in [6.45, 7) is 3.98. The van der Waals surface area contributed by atoms with E-state index >= 15 is 0 Å². The summed E-state index contributed by atoms with van der Waals surface area (Å²) in [6.07, 6.45) is 0. The highest BCUT2D eigenvalue weighted by Crippen LogP contribution is 2.15. The van der Waals surface area contributed by atoms with E-state index in [1.165, 1.54) is 12.1 Å². The number of sulfonamides is 1. The average molecular weight is 378 g/mol. The molecule has 0 aliphatic carbocycles. The number of aryl methyl sites for hydroxylation is 2. The van der Waals surface area contributed by atoms with Gasteiger partial charge in [-0.05, 0) is 31.2 Å². The molecule has 2 heterocycles. The van der Waals surface area contributed by atoms with Crippen LogP contribution in [0.5, 0.6) is 0 Å². The maximum atomic E-state index is 12.6. The van der Waals surface area contributed by atoms with Gasteiger partial charge in [-0.1, -0.05) is 6.07 Å². The zero-order valence-electron chi connectivity index (χ0n) is 14.8. The van der Waals surface area contributed by atoms with Crippen molar-refractivity contribution in [3.63, 3.8) is 0 Å². The molecule has 9 heteroatoms. The number of ether oxygens (including phenoxy) is 1. The van der Waals surface area contributed by atoms with Crippen LogP contribution in [0.25, 0.3) is 0 Å². The molecule has 3 rings (SSSR count). The third-order valence-electron chi connectivity index (χ3n) is 4.23. The van der Waals surface area contributed by atoms with E-state index in [2.05, 4.69) is 9.82 Å². The van der Waals surface area contributed by atoms with Crippen molar-refractivity contribution in [3.8, 4) is 0 Å². The predicted octanol–water partition coefficient (Wildman–Crippen LogP) is 0.679. The van der Waals surface area contributed by atoms with Gasteiger partial charge in [0.15, 0.2) is 0 Å². The van der Waals surface area contributed by atoms with Crippen molar-refractivity contribution in [2.75, 3.05) is 26.3 Å². The Labute approximate surface area is 152 Å². The molecular formula is C17H22N4O4S. The molecule has 1 amide bonds. The highest BCUT2D eigenvalue weighted by atomic mass is 32.2. The molecule has 8 nitrogen and oxygen atoms in total. The first-order chi connectivity index (χ1) is 12.4. The maximum absolute atomic E-state index is 12.6. The van der Waals surface area contributed by atoms with Gasteiger partial charge in [0.1, 0.15) is 0 Å². The van der Waals surface area contributed by atoms with Crippen molar-refractivity contribution in [2.24, 2.45) is 7.05 Å². The number of amides is 1. The van der Waals surface area contributed by atoms with Crippen LogP contribution in [0.1, 0.15) is 21.7 Å². The number of hydrogen-bond acceptors (Lipinski definition) is 5. The van der Waals surface area contributed by atoms with E-state index in [-0.39, 0.29) is 17.3 Å². The number of hydrogen-bond donors (Lipinski definition) is 1. The van der Waals surface area contributed by atoms with Crippen LogP contribution in [0.3, 0.4) is 0 Å². The fourth-order valence-electron chi connectivity index (χ4n) is 2.83. The van der Waals surface area contributed by atoms with Crippen LogP contribution >= 0.6 is 0 Å². The fourth-order valence-corrected chi connectivity index (χ4v) is 3.87. The number of nitrogens with one attached hydrogen (secondary N) is 1. The van der Waals surface area contributed by atoms with Crippen LogP contribution in [-0.4, -0.2) is 55.3 Å². The van der Waals surface area contributed by atoms with Crippen LogP contribution in [0.4, 0.5) is 0 Å². The normalized spacial score (nSPS) is 15.2. The van der Waals surface area contributed by atoms with Crippen LogP contribution in [0.15, 0.2) is 35.2 Å². The summed E-state index contributed by atoms with van der Waals surface area (Å²) in [4.78, 5) is 14.3. The van der Waals surface area contributed by atoms with E-state index in [4.69, 9.17) is 4.74 Å². The minimum absolute atomic E-state index is 0.0653. The van der Waals surface area contributed by atoms with Gasteiger partial charge in [-0.2, -0.15) is 5.10 Å². The maximum Gasteiger partial charge on any atom is 0.254 e. The number of carbonyl (C=O) groups excluding carboxylic acids is 1. The molecular weight excluding hydrogens is 356 g/mol. The molecule has 0 spiro atoms. The lowest BCUT2D eigenvalue weighted by atomic mass is 10.2. The molecule has 1 aromatic carbocycles. The molecule has 2 aromatic rings. The molecule has 0 bridgehead atoms. The van der Waals surface area contributed by atoms with Crippen molar-refractivity contribution in [3.05, 3.63) is 47.3 Å². The Balaban J connectivity index is 1.75. The number of carbonyl (C=O) groups is 1. The number of nitrogens with zero attached hydrogens (tertiary/aromatic N) is 3. The molecule has 0 saturated carbocycles. The first-order valence-electron chi connectivity index (χ1n) is 8.33. The predicted molar refractivity (Wildman–Crippen MR) is 95.1 cm³/mol. The van der Waals surface area contributed by atoms with Gasteiger partial charge in [0, 0.05) is 25.7 Å². The second-order valence-corrected chi connectivity index (χ2v) is 7.92. The quantitative estimate of drug-likeness (QED) is 0.826. The van der Waals surface area contributed by atoms with Gasteiger partial charge < -0.3 is 9.64 Å². The standard InChI is InChI=1S/C17H22N4O4S/c1-13-10-15(20(2)19-13)12-18-26(23,24)16-5-3-4-14(11-16)17(22)21-6-8-25-9-7-21/h3-5,10-11,18H,6-9,12H2,1-2H3. The SMILES string of the molecule is Cc1cc(CNS(=O)(=O)c2cccc(C(=O)N3CCOCC3)c2)n(C)n1. The van der Waals surface area contributed by atoms with Gasteiger partial charge in [-0.15, -0.1) is 0 Å². The van der Waals surface area contributed by atoms with E-state index < -0.39 is 10.0 Å². The van der Waals surface area contributed by atoms with Gasteiger partial charge in [0.25, 0.3) is 5.91 Å². The van der Waals surface area contributed by atoms with Crippen LogP contribution in [0.2, 0.25) is 0 Å². The van der Waals surface area contributed by atoms with Gasteiger partial charge in [0.2, 0.25) is 10.0 Å². The molecule has 1 saturated heterocycles. The largest absolute Gasteiger partial charge is 0.378 e. The fraction of sp³-hybridized carbons (Fsp3) is 0.412. The lowest BCUT2D eigenvalue weighted by molar-refractivity contribution is 0.0302. The van der Waals surface area contributed by atoms with Gasteiger partial charge in [-0.3, -0.25) is 9.48 Å². The summed E-state index contributed by atoms with van der Waals surface area (Å²) in [6, 6.07) is 7.92. The van der Waals surface area contributed by atoms with Crippen LogP contribution < -0.4 is 4.72 Å². The number of morpholine rings is 1. The second kappa shape index (κ2) is 7.56. The molecule has 1 aliphatic heterocycles. The minimum atomic E-state index is -3.74. The molecule has 1 N–H and O–H groups in total. The van der Waals surface area contributed by atoms with Gasteiger partial charge in [0.05, 0.1) is 36.0 Å². The molecule has 1 aliphatic rings. The third-order valence-corrected chi connectivity index (χ3v) is 5.63. The van der Waals surface area contributed by atoms with Gasteiger partial charge >= 0.3 is 0 Å². The van der Waals surface area contributed by atoms with Crippen molar-refractivity contribution < 1.29 is 17.9 Å². The number of aromatic nitrogens is 2. The second-order valence-electron chi connectivity index (χ2n) is 6.16. The Bertz CT molecular complexity index is 901. The van der Waals surface area contributed by atoms with E-state index in [1.54, 1.807) is 28.8 Å².